The topological polar surface area (TPSA) is 72.3 Å². The Morgan fingerprint density at radius 2 is 1.84 bits per heavy atom. The van der Waals surface area contributed by atoms with E-state index in [1.165, 1.54) is 18.0 Å². The maximum absolute atomic E-state index is 10.6. The van der Waals surface area contributed by atoms with Crippen LogP contribution in [0, 0.1) is 0 Å². The second-order valence-corrected chi connectivity index (χ2v) is 4.37. The van der Waals surface area contributed by atoms with Crippen LogP contribution in [0.4, 0.5) is 0 Å². The fourth-order valence-electron chi connectivity index (χ4n) is 1.52. The van der Waals surface area contributed by atoms with Crippen molar-refractivity contribution in [2.75, 3.05) is 0 Å². The maximum atomic E-state index is 10.6. The maximum Gasteiger partial charge on any atom is 0.356 e. The molecule has 1 N–H and O–H groups in total. The minimum atomic E-state index is -1.11. The van der Waals surface area contributed by atoms with Crippen molar-refractivity contribution in [3.63, 3.8) is 0 Å². The van der Waals surface area contributed by atoms with Gasteiger partial charge in [0.05, 0.1) is 12.4 Å². The summed E-state index contributed by atoms with van der Waals surface area (Å²) in [6.45, 7) is 4.23. The first-order valence-electron chi connectivity index (χ1n) is 5.89. The Bertz CT molecular complexity index is 562. The summed E-state index contributed by atoms with van der Waals surface area (Å²) in [5.41, 5.74) is 1.11. The normalized spacial score (nSPS) is 10.5. The molecule has 2 aromatic rings. The lowest BCUT2D eigenvalue weighted by molar-refractivity contribution is 0.0690. The summed E-state index contributed by atoms with van der Waals surface area (Å²) in [6.07, 6.45) is 2.46. The van der Waals surface area contributed by atoms with Crippen LogP contribution in [0.25, 0.3) is 0 Å². The number of carbonyl (C=O) groups is 1. The minimum absolute atomic E-state index is 0.109. The highest BCUT2D eigenvalue weighted by atomic mass is 16.5. The fourth-order valence-corrected chi connectivity index (χ4v) is 1.52. The first kappa shape index (κ1) is 13.0. The Kier molecular flexibility index (Phi) is 3.75. The summed E-state index contributed by atoms with van der Waals surface area (Å²) >= 11 is 0. The van der Waals surface area contributed by atoms with Gasteiger partial charge in [-0.15, -0.1) is 0 Å². The molecule has 5 heteroatoms. The van der Waals surface area contributed by atoms with Crippen LogP contribution < -0.4 is 4.74 Å². The van der Waals surface area contributed by atoms with Gasteiger partial charge in [-0.3, -0.25) is 0 Å². The van der Waals surface area contributed by atoms with Crippen molar-refractivity contribution in [3.8, 4) is 11.6 Å². The molecule has 98 valence electrons. The molecule has 0 saturated carbocycles. The molecule has 0 unspecified atom stereocenters. The van der Waals surface area contributed by atoms with E-state index < -0.39 is 5.97 Å². The van der Waals surface area contributed by atoms with Crippen LogP contribution in [0.3, 0.4) is 0 Å². The third-order valence-electron chi connectivity index (χ3n) is 2.62. The van der Waals surface area contributed by atoms with Crippen LogP contribution in [0.5, 0.6) is 11.6 Å². The van der Waals surface area contributed by atoms with E-state index in [1.807, 2.05) is 24.3 Å². The zero-order chi connectivity index (χ0) is 13.8. The monoisotopic (exact) mass is 258 g/mol. The Hall–Kier alpha value is -2.43. The average Bonchev–Trinajstić information content (AvgIpc) is 2.40. The molecular formula is C14H14N2O3. The van der Waals surface area contributed by atoms with Crippen LogP contribution in [0.2, 0.25) is 0 Å². The van der Waals surface area contributed by atoms with E-state index in [4.69, 9.17) is 9.84 Å². The van der Waals surface area contributed by atoms with Crippen LogP contribution in [0.15, 0.2) is 36.7 Å². The van der Waals surface area contributed by atoms with Gasteiger partial charge in [0, 0.05) is 0 Å². The quantitative estimate of drug-likeness (QED) is 0.912. The number of aromatic carboxylic acids is 1. The molecule has 0 aliphatic heterocycles. The van der Waals surface area contributed by atoms with Crippen LogP contribution in [-0.4, -0.2) is 21.0 Å². The van der Waals surface area contributed by atoms with E-state index >= 15 is 0 Å². The van der Waals surface area contributed by atoms with Crippen molar-refractivity contribution >= 4 is 5.97 Å². The van der Waals surface area contributed by atoms with Gasteiger partial charge in [-0.25, -0.2) is 14.8 Å². The molecule has 0 spiro atoms. The molecule has 19 heavy (non-hydrogen) atoms. The number of ether oxygens (including phenoxy) is 1. The first-order valence-corrected chi connectivity index (χ1v) is 5.89. The number of benzene rings is 1. The van der Waals surface area contributed by atoms with E-state index in [0.29, 0.717) is 11.7 Å². The summed E-state index contributed by atoms with van der Waals surface area (Å²) in [6, 6.07) is 7.67. The largest absolute Gasteiger partial charge is 0.476 e. The molecule has 0 radical (unpaired) electrons. The van der Waals surface area contributed by atoms with Gasteiger partial charge in [-0.1, -0.05) is 26.0 Å². The lowest BCUT2D eigenvalue weighted by Gasteiger charge is -2.07. The second kappa shape index (κ2) is 5.48. The van der Waals surface area contributed by atoms with Gasteiger partial charge in [-0.05, 0) is 23.6 Å². The molecule has 5 nitrogen and oxygen atoms in total. The van der Waals surface area contributed by atoms with E-state index in [-0.39, 0.29) is 11.6 Å². The molecule has 0 saturated heterocycles. The van der Waals surface area contributed by atoms with Crippen LogP contribution in [0.1, 0.15) is 35.8 Å². The van der Waals surface area contributed by atoms with E-state index in [9.17, 15) is 4.79 Å². The van der Waals surface area contributed by atoms with Crippen molar-refractivity contribution < 1.29 is 14.6 Å². The molecule has 0 atom stereocenters. The average molecular weight is 258 g/mol. The standard InChI is InChI=1S/C14H14N2O3/c1-9(2)10-3-5-11(6-4-10)19-13-8-15-12(7-16-13)14(17)18/h3-9H,1-2H3,(H,17,18). The molecule has 0 aliphatic rings. The Labute approximate surface area is 110 Å². The molecule has 0 bridgehead atoms. The minimum Gasteiger partial charge on any atom is -0.476 e. The van der Waals surface area contributed by atoms with E-state index in [2.05, 4.69) is 23.8 Å². The SMILES string of the molecule is CC(C)c1ccc(Oc2cnc(C(=O)O)cn2)cc1. The summed E-state index contributed by atoms with van der Waals surface area (Å²) in [5.74, 6) is 0.258. The van der Waals surface area contributed by atoms with Gasteiger partial charge in [0.1, 0.15) is 5.75 Å². The molecule has 1 aromatic heterocycles. The van der Waals surface area contributed by atoms with Gasteiger partial charge in [0.25, 0.3) is 0 Å². The number of hydrogen-bond acceptors (Lipinski definition) is 4. The molecule has 0 amide bonds. The third-order valence-corrected chi connectivity index (χ3v) is 2.62. The smallest absolute Gasteiger partial charge is 0.356 e. The highest BCUT2D eigenvalue weighted by molar-refractivity contribution is 5.84. The Balaban J connectivity index is 2.10. The Morgan fingerprint density at radius 3 is 2.32 bits per heavy atom. The van der Waals surface area contributed by atoms with Crippen LogP contribution in [-0.2, 0) is 0 Å². The zero-order valence-electron chi connectivity index (χ0n) is 10.7. The highest BCUT2D eigenvalue weighted by Gasteiger charge is 2.06. The lowest BCUT2D eigenvalue weighted by atomic mass is 10.0. The molecular weight excluding hydrogens is 244 g/mol. The number of rotatable bonds is 4. The van der Waals surface area contributed by atoms with Gasteiger partial charge < -0.3 is 9.84 Å². The molecule has 1 heterocycles. The molecule has 0 fully saturated rings. The van der Waals surface area contributed by atoms with Crippen molar-refractivity contribution in [1.82, 2.24) is 9.97 Å². The van der Waals surface area contributed by atoms with Crippen molar-refractivity contribution in [1.29, 1.82) is 0 Å². The van der Waals surface area contributed by atoms with Gasteiger partial charge in [-0.2, -0.15) is 0 Å². The van der Waals surface area contributed by atoms with Gasteiger partial charge >= 0.3 is 5.97 Å². The Morgan fingerprint density at radius 1 is 1.16 bits per heavy atom. The van der Waals surface area contributed by atoms with Crippen molar-refractivity contribution in [2.45, 2.75) is 19.8 Å². The highest BCUT2D eigenvalue weighted by Crippen LogP contribution is 2.22. The van der Waals surface area contributed by atoms with Crippen molar-refractivity contribution in [2.24, 2.45) is 0 Å². The van der Waals surface area contributed by atoms with Crippen molar-refractivity contribution in [3.05, 3.63) is 47.9 Å². The summed E-state index contributed by atoms with van der Waals surface area (Å²) < 4.78 is 5.48. The summed E-state index contributed by atoms with van der Waals surface area (Å²) in [4.78, 5) is 18.2. The lowest BCUT2D eigenvalue weighted by Crippen LogP contribution is -2.01. The predicted octanol–water partition coefficient (Wildman–Crippen LogP) is 3.09. The molecule has 1 aromatic carbocycles. The number of carboxylic acids is 1. The fraction of sp³-hybridized carbons (Fsp3) is 0.214. The van der Waals surface area contributed by atoms with Gasteiger partial charge in [0.2, 0.25) is 5.88 Å². The summed E-state index contributed by atoms with van der Waals surface area (Å²) in [7, 11) is 0. The third kappa shape index (κ3) is 3.28. The van der Waals surface area contributed by atoms with E-state index in [1.54, 1.807) is 0 Å². The predicted molar refractivity (Wildman–Crippen MR) is 69.6 cm³/mol. The number of carboxylic acid groups (broad SMARTS) is 1. The van der Waals surface area contributed by atoms with Crippen LogP contribution >= 0.6 is 0 Å². The second-order valence-electron chi connectivity index (χ2n) is 4.37. The number of nitrogens with zero attached hydrogens (tertiary/aromatic N) is 2. The molecule has 2 rings (SSSR count). The first-order chi connectivity index (χ1) is 9.06. The number of aromatic nitrogens is 2. The van der Waals surface area contributed by atoms with E-state index in [0.717, 1.165) is 0 Å². The van der Waals surface area contributed by atoms with Gasteiger partial charge in [0.15, 0.2) is 5.69 Å². The summed E-state index contributed by atoms with van der Waals surface area (Å²) in [5, 5.41) is 8.70. The zero-order valence-corrected chi connectivity index (χ0v) is 10.7. The number of hydrogen-bond donors (Lipinski definition) is 1. The molecule has 0 aliphatic carbocycles.